The lowest BCUT2D eigenvalue weighted by Crippen LogP contribution is -2.00. The number of thioether (sulfide) groups is 1. The van der Waals surface area contributed by atoms with Gasteiger partial charge in [0.15, 0.2) is 10.9 Å². The minimum atomic E-state index is -0.876. The summed E-state index contributed by atoms with van der Waals surface area (Å²) in [6, 6.07) is 3.69. The molecule has 0 aliphatic heterocycles. The Morgan fingerprint density at radius 3 is 3.05 bits per heavy atom. The van der Waals surface area contributed by atoms with Crippen molar-refractivity contribution in [2.45, 2.75) is 31.3 Å². The molecule has 20 heavy (non-hydrogen) atoms. The molecule has 2 rings (SSSR count). The number of ether oxygens (including phenoxy) is 1. The number of carboxylic acid groups (broad SMARTS) is 1. The number of aromatic nitrogens is 3. The molecule has 0 bridgehead atoms. The highest BCUT2D eigenvalue weighted by atomic mass is 32.2. The molecular formula is C13H17N3O3S. The fourth-order valence-electron chi connectivity index (χ4n) is 1.74. The second-order valence-corrected chi connectivity index (χ2v) is 5.23. The van der Waals surface area contributed by atoms with E-state index in [1.165, 1.54) is 0 Å². The zero-order chi connectivity index (χ0) is 14.4. The molecule has 0 saturated carbocycles. The number of hydrogen-bond donors (Lipinski definition) is 1. The fourth-order valence-corrected chi connectivity index (χ4v) is 2.38. The zero-order valence-electron chi connectivity index (χ0n) is 11.3. The number of rotatable bonds is 8. The van der Waals surface area contributed by atoms with Crippen LogP contribution in [0, 0.1) is 0 Å². The van der Waals surface area contributed by atoms with E-state index in [4.69, 9.17) is 9.84 Å². The van der Waals surface area contributed by atoms with E-state index in [9.17, 15) is 4.79 Å². The number of carbonyl (C=O) groups is 1. The average Bonchev–Trinajstić information content (AvgIpc) is 2.85. The van der Waals surface area contributed by atoms with Crippen molar-refractivity contribution in [3.63, 3.8) is 0 Å². The van der Waals surface area contributed by atoms with Gasteiger partial charge in [0, 0.05) is 6.20 Å². The Kier molecular flexibility index (Phi) is 5.23. The third kappa shape index (κ3) is 3.63. The highest BCUT2D eigenvalue weighted by molar-refractivity contribution is 7.99. The lowest BCUT2D eigenvalue weighted by atomic mass is 10.3. The van der Waals surface area contributed by atoms with Crippen LogP contribution < -0.4 is 4.74 Å². The van der Waals surface area contributed by atoms with Crippen LogP contribution in [-0.4, -0.2) is 38.0 Å². The minimum Gasteiger partial charge on any atom is -0.490 e. The maximum atomic E-state index is 10.6. The van der Waals surface area contributed by atoms with E-state index in [1.807, 2.05) is 12.1 Å². The van der Waals surface area contributed by atoms with Gasteiger partial charge in [0.1, 0.15) is 0 Å². The summed E-state index contributed by atoms with van der Waals surface area (Å²) in [6.45, 7) is 2.79. The second kappa shape index (κ2) is 7.14. The number of fused-ring (bicyclic) bond motifs is 1. The molecule has 0 spiro atoms. The Labute approximate surface area is 121 Å². The predicted octanol–water partition coefficient (Wildman–Crippen LogP) is 2.47. The van der Waals surface area contributed by atoms with Crippen molar-refractivity contribution in [3.8, 4) is 5.75 Å². The summed E-state index contributed by atoms with van der Waals surface area (Å²) in [5, 5.41) is 17.3. The largest absolute Gasteiger partial charge is 0.490 e. The van der Waals surface area contributed by atoms with Gasteiger partial charge in [-0.25, -0.2) is 0 Å². The van der Waals surface area contributed by atoms with Crippen LogP contribution in [0.1, 0.15) is 26.2 Å². The Morgan fingerprint density at radius 1 is 1.45 bits per heavy atom. The lowest BCUT2D eigenvalue weighted by molar-refractivity contribution is -0.133. The molecule has 0 aliphatic carbocycles. The van der Waals surface area contributed by atoms with Crippen LogP contribution in [0.25, 0.3) is 5.65 Å². The van der Waals surface area contributed by atoms with Gasteiger partial charge in [0.05, 0.1) is 12.4 Å². The molecule has 6 nitrogen and oxygen atoms in total. The van der Waals surface area contributed by atoms with Gasteiger partial charge in [-0.3, -0.25) is 9.20 Å². The molecule has 0 unspecified atom stereocenters. The van der Waals surface area contributed by atoms with Crippen LogP contribution in [0.4, 0.5) is 0 Å². The average molecular weight is 295 g/mol. The Balaban J connectivity index is 2.10. The maximum absolute atomic E-state index is 10.6. The minimum absolute atomic E-state index is 0.0393. The summed E-state index contributed by atoms with van der Waals surface area (Å²) in [4.78, 5) is 10.6. The summed E-state index contributed by atoms with van der Waals surface area (Å²) >= 11 is 1.14. The molecular weight excluding hydrogens is 278 g/mol. The molecule has 2 heterocycles. The summed E-state index contributed by atoms with van der Waals surface area (Å²) in [5.74, 6) is -0.237. The first kappa shape index (κ1) is 14.6. The van der Waals surface area contributed by atoms with Crippen LogP contribution >= 0.6 is 11.8 Å². The highest BCUT2D eigenvalue weighted by Crippen LogP contribution is 2.23. The SMILES string of the molecule is CCCCCOc1cccn2c(SCC(=O)O)nnc12. The maximum Gasteiger partial charge on any atom is 0.313 e. The molecule has 0 aromatic carbocycles. The van der Waals surface area contributed by atoms with Gasteiger partial charge in [0.2, 0.25) is 5.65 Å². The van der Waals surface area contributed by atoms with Gasteiger partial charge >= 0.3 is 5.97 Å². The number of hydrogen-bond acceptors (Lipinski definition) is 5. The van der Waals surface area contributed by atoms with Gasteiger partial charge in [-0.05, 0) is 18.6 Å². The van der Waals surface area contributed by atoms with Crippen molar-refractivity contribution in [2.24, 2.45) is 0 Å². The van der Waals surface area contributed by atoms with E-state index in [0.29, 0.717) is 23.2 Å². The summed E-state index contributed by atoms with van der Waals surface area (Å²) in [5.41, 5.74) is 0.622. The first-order chi connectivity index (χ1) is 9.72. The van der Waals surface area contributed by atoms with Crippen molar-refractivity contribution in [1.82, 2.24) is 14.6 Å². The van der Waals surface area contributed by atoms with Crippen molar-refractivity contribution < 1.29 is 14.6 Å². The highest BCUT2D eigenvalue weighted by Gasteiger charge is 2.11. The first-order valence-corrected chi connectivity index (χ1v) is 7.52. The number of aliphatic carboxylic acids is 1. The van der Waals surface area contributed by atoms with Crippen LogP contribution in [0.2, 0.25) is 0 Å². The number of carboxylic acids is 1. The van der Waals surface area contributed by atoms with E-state index in [2.05, 4.69) is 17.1 Å². The Morgan fingerprint density at radius 2 is 2.30 bits per heavy atom. The smallest absolute Gasteiger partial charge is 0.313 e. The van der Waals surface area contributed by atoms with Crippen molar-refractivity contribution >= 4 is 23.4 Å². The topological polar surface area (TPSA) is 76.7 Å². The van der Waals surface area contributed by atoms with Crippen molar-refractivity contribution in [3.05, 3.63) is 18.3 Å². The first-order valence-electron chi connectivity index (χ1n) is 6.53. The normalized spacial score (nSPS) is 10.8. The van der Waals surface area contributed by atoms with E-state index in [0.717, 1.165) is 31.0 Å². The van der Waals surface area contributed by atoms with E-state index >= 15 is 0 Å². The molecule has 108 valence electrons. The monoisotopic (exact) mass is 295 g/mol. The van der Waals surface area contributed by atoms with Crippen LogP contribution in [0.5, 0.6) is 5.75 Å². The molecule has 0 fully saturated rings. The number of nitrogens with zero attached hydrogens (tertiary/aromatic N) is 3. The molecule has 0 saturated heterocycles. The van der Waals surface area contributed by atoms with E-state index < -0.39 is 5.97 Å². The summed E-state index contributed by atoms with van der Waals surface area (Å²) in [7, 11) is 0. The Bertz CT molecular complexity index is 585. The molecule has 0 atom stereocenters. The van der Waals surface area contributed by atoms with Crippen molar-refractivity contribution in [1.29, 1.82) is 0 Å². The molecule has 2 aromatic heterocycles. The standard InChI is InChI=1S/C13H17N3O3S/c1-2-3-4-8-19-10-6-5-7-16-12(10)14-15-13(16)20-9-11(17)18/h5-7H,2-4,8-9H2,1H3,(H,17,18). The van der Waals surface area contributed by atoms with Gasteiger partial charge in [-0.15, -0.1) is 10.2 Å². The third-order valence-electron chi connectivity index (χ3n) is 2.70. The third-order valence-corrected chi connectivity index (χ3v) is 3.63. The number of unbranched alkanes of at least 4 members (excludes halogenated alkanes) is 2. The molecule has 7 heteroatoms. The fraction of sp³-hybridized carbons (Fsp3) is 0.462. The van der Waals surface area contributed by atoms with Crippen LogP contribution in [-0.2, 0) is 4.79 Å². The van der Waals surface area contributed by atoms with Crippen LogP contribution in [0.15, 0.2) is 23.5 Å². The van der Waals surface area contributed by atoms with Gasteiger partial charge in [-0.1, -0.05) is 31.5 Å². The quantitative estimate of drug-likeness (QED) is 0.595. The van der Waals surface area contributed by atoms with Gasteiger partial charge in [-0.2, -0.15) is 0 Å². The molecule has 1 N–H and O–H groups in total. The molecule has 0 amide bonds. The Hall–Kier alpha value is -1.76. The molecule has 0 aliphatic rings. The summed E-state index contributed by atoms with van der Waals surface area (Å²) in [6.07, 6.45) is 5.09. The predicted molar refractivity (Wildman–Crippen MR) is 76.4 cm³/mol. The summed E-state index contributed by atoms with van der Waals surface area (Å²) < 4.78 is 7.46. The van der Waals surface area contributed by atoms with Crippen molar-refractivity contribution in [2.75, 3.05) is 12.4 Å². The molecule has 0 radical (unpaired) electrons. The number of pyridine rings is 1. The van der Waals surface area contributed by atoms with E-state index in [-0.39, 0.29) is 5.75 Å². The van der Waals surface area contributed by atoms with Gasteiger partial charge < -0.3 is 9.84 Å². The zero-order valence-corrected chi connectivity index (χ0v) is 12.1. The van der Waals surface area contributed by atoms with E-state index in [1.54, 1.807) is 10.6 Å². The van der Waals surface area contributed by atoms with Crippen LogP contribution in [0.3, 0.4) is 0 Å². The molecule has 2 aromatic rings. The van der Waals surface area contributed by atoms with Gasteiger partial charge in [0.25, 0.3) is 0 Å². The lowest BCUT2D eigenvalue weighted by Gasteiger charge is -2.06. The second-order valence-electron chi connectivity index (χ2n) is 4.29.